The van der Waals surface area contributed by atoms with Gasteiger partial charge in [0.1, 0.15) is 17.7 Å². The highest BCUT2D eigenvalue weighted by Gasteiger charge is 2.21. The van der Waals surface area contributed by atoms with Crippen LogP contribution in [0.1, 0.15) is 12.8 Å². The maximum Gasteiger partial charge on any atom is 0.259 e. The fraction of sp³-hybridized carbons (Fsp3) is 0.440. The van der Waals surface area contributed by atoms with Crippen LogP contribution in [0.2, 0.25) is 0 Å². The average molecular weight is 540 g/mol. The zero-order valence-electron chi connectivity index (χ0n) is 20.9. The lowest BCUT2D eigenvalue weighted by atomic mass is 10.2. The zero-order valence-corrected chi connectivity index (χ0v) is 21.7. The number of fused-ring (bicyclic) bond motifs is 1. The number of thioether (sulfide) groups is 1. The fourth-order valence-electron chi connectivity index (χ4n) is 4.74. The maximum absolute atomic E-state index is 14.9. The van der Waals surface area contributed by atoms with Crippen LogP contribution in [0.25, 0.3) is 17.4 Å². The molecule has 6 rings (SSSR count). The van der Waals surface area contributed by atoms with Crippen molar-refractivity contribution in [3.8, 4) is 17.3 Å². The highest BCUT2D eigenvalue weighted by atomic mass is 32.2. The molecule has 200 valence electrons. The van der Waals surface area contributed by atoms with Gasteiger partial charge >= 0.3 is 0 Å². The number of halogens is 1. The van der Waals surface area contributed by atoms with E-state index >= 15 is 0 Å². The number of piperazine rings is 1. The zero-order chi connectivity index (χ0) is 25.9. The summed E-state index contributed by atoms with van der Waals surface area (Å²) >= 11 is 1.95. The second-order valence-electron chi connectivity index (χ2n) is 9.33. The quantitative estimate of drug-likeness (QED) is 0.343. The number of ether oxygens (including phenoxy) is 1. The van der Waals surface area contributed by atoms with E-state index in [1.807, 2.05) is 23.9 Å². The molecule has 1 aromatic carbocycles. The Morgan fingerprint density at radius 2 is 1.95 bits per heavy atom. The summed E-state index contributed by atoms with van der Waals surface area (Å²) in [4.78, 5) is 17.5. The van der Waals surface area contributed by atoms with E-state index in [0.717, 1.165) is 57.1 Å². The molecule has 11 nitrogen and oxygen atoms in total. The lowest BCUT2D eigenvalue weighted by Crippen LogP contribution is -2.48. The van der Waals surface area contributed by atoms with E-state index in [4.69, 9.17) is 14.9 Å². The molecule has 0 radical (unpaired) electrons. The van der Waals surface area contributed by atoms with Crippen LogP contribution in [0.15, 0.2) is 41.0 Å². The normalized spacial score (nSPS) is 17.2. The Kier molecular flexibility index (Phi) is 7.18. The minimum Gasteiger partial charge on any atom is -0.490 e. The van der Waals surface area contributed by atoms with Crippen LogP contribution in [-0.2, 0) is 0 Å². The number of furan rings is 1. The highest BCUT2D eigenvalue weighted by molar-refractivity contribution is 7.99. The summed E-state index contributed by atoms with van der Waals surface area (Å²) < 4.78 is 27.7. The molecule has 38 heavy (non-hydrogen) atoms. The molecule has 2 fully saturated rings. The van der Waals surface area contributed by atoms with E-state index < -0.39 is 0 Å². The Morgan fingerprint density at radius 3 is 2.71 bits per heavy atom. The first-order valence-corrected chi connectivity index (χ1v) is 14.0. The van der Waals surface area contributed by atoms with Crippen LogP contribution in [0.3, 0.4) is 0 Å². The largest absolute Gasteiger partial charge is 0.490 e. The molecule has 0 unspecified atom stereocenters. The summed E-state index contributed by atoms with van der Waals surface area (Å²) in [6, 6.07) is 8.81. The second-order valence-corrected chi connectivity index (χ2v) is 10.6. The molecule has 0 amide bonds. The van der Waals surface area contributed by atoms with Crippen LogP contribution in [-0.4, -0.2) is 86.3 Å². The molecule has 0 atom stereocenters. The van der Waals surface area contributed by atoms with Gasteiger partial charge in [-0.3, -0.25) is 4.90 Å². The number of nitrogens with two attached hydrogens (primary N) is 1. The molecule has 0 spiro atoms. The number of aromatic nitrogens is 5. The lowest BCUT2D eigenvalue weighted by molar-refractivity contribution is 0.191. The van der Waals surface area contributed by atoms with Crippen molar-refractivity contribution < 1.29 is 13.5 Å². The van der Waals surface area contributed by atoms with E-state index in [1.165, 1.54) is 10.6 Å². The number of hydrogen-bond donors (Lipinski definition) is 2. The van der Waals surface area contributed by atoms with Gasteiger partial charge in [0.15, 0.2) is 5.76 Å². The number of anilines is 3. The third-order valence-corrected chi connectivity index (χ3v) is 7.84. The third kappa shape index (κ3) is 5.48. The predicted molar refractivity (Wildman–Crippen MR) is 145 cm³/mol. The Labute approximate surface area is 223 Å². The molecule has 0 saturated carbocycles. The molecule has 0 bridgehead atoms. The van der Waals surface area contributed by atoms with Gasteiger partial charge in [-0.15, -0.1) is 5.10 Å². The van der Waals surface area contributed by atoms with Gasteiger partial charge in [-0.2, -0.15) is 31.2 Å². The third-order valence-electron chi connectivity index (χ3n) is 6.79. The minimum atomic E-state index is -0.225. The summed E-state index contributed by atoms with van der Waals surface area (Å²) in [6.45, 7) is 4.59. The van der Waals surface area contributed by atoms with Crippen molar-refractivity contribution in [2.75, 3.05) is 66.7 Å². The summed E-state index contributed by atoms with van der Waals surface area (Å²) in [5, 5.41) is 7.53. The number of nitrogens with one attached hydrogen (secondary N) is 1. The van der Waals surface area contributed by atoms with Crippen LogP contribution in [0.4, 0.5) is 22.0 Å². The van der Waals surface area contributed by atoms with Gasteiger partial charge in [0, 0.05) is 45.3 Å². The summed E-state index contributed by atoms with van der Waals surface area (Å²) in [6.07, 6.45) is 3.79. The van der Waals surface area contributed by atoms with Gasteiger partial charge in [-0.25, -0.2) is 4.39 Å². The minimum absolute atomic E-state index is 0.188. The van der Waals surface area contributed by atoms with Crippen molar-refractivity contribution in [3.63, 3.8) is 0 Å². The van der Waals surface area contributed by atoms with Crippen molar-refractivity contribution in [1.82, 2.24) is 29.5 Å². The fourth-order valence-corrected chi connectivity index (χ4v) is 5.80. The molecule has 2 aliphatic heterocycles. The SMILES string of the molecule is Nc1nc(NCCN2CCN(c3ccc(OC4CCSCC4)cc3F)CC2)nc2nc(-c3ccco3)nn12. The molecule has 4 aromatic rings. The topological polar surface area (TPSA) is 123 Å². The molecule has 0 aliphatic carbocycles. The summed E-state index contributed by atoms with van der Waals surface area (Å²) in [5.41, 5.74) is 6.69. The van der Waals surface area contributed by atoms with Crippen LogP contribution in [0, 0.1) is 5.82 Å². The number of nitrogen functional groups attached to an aromatic ring is 1. The highest BCUT2D eigenvalue weighted by Crippen LogP contribution is 2.28. The monoisotopic (exact) mass is 539 g/mol. The number of rotatable bonds is 8. The van der Waals surface area contributed by atoms with Crippen LogP contribution < -0.4 is 20.7 Å². The summed E-state index contributed by atoms with van der Waals surface area (Å²) in [7, 11) is 0. The smallest absolute Gasteiger partial charge is 0.259 e. The maximum atomic E-state index is 14.9. The van der Waals surface area contributed by atoms with Crippen molar-refractivity contribution in [2.45, 2.75) is 18.9 Å². The number of hydrogen-bond acceptors (Lipinski definition) is 11. The molecule has 3 aromatic heterocycles. The second kappa shape index (κ2) is 11.0. The van der Waals surface area contributed by atoms with E-state index in [2.05, 4.69) is 35.2 Å². The molecular weight excluding hydrogens is 509 g/mol. The number of benzene rings is 1. The predicted octanol–water partition coefficient (Wildman–Crippen LogP) is 3.01. The van der Waals surface area contributed by atoms with Crippen molar-refractivity contribution in [1.29, 1.82) is 0 Å². The van der Waals surface area contributed by atoms with Gasteiger partial charge in [0.2, 0.25) is 17.7 Å². The van der Waals surface area contributed by atoms with Gasteiger partial charge in [0.05, 0.1) is 12.0 Å². The average Bonchev–Trinajstić information content (AvgIpc) is 3.61. The Hall–Kier alpha value is -3.58. The van der Waals surface area contributed by atoms with Gasteiger partial charge < -0.3 is 25.1 Å². The van der Waals surface area contributed by atoms with Crippen molar-refractivity contribution >= 4 is 35.1 Å². The molecule has 5 heterocycles. The van der Waals surface area contributed by atoms with E-state index in [9.17, 15) is 4.39 Å². The van der Waals surface area contributed by atoms with Crippen molar-refractivity contribution in [2.24, 2.45) is 0 Å². The molecule has 2 saturated heterocycles. The standard InChI is InChI=1S/C25H30FN9O2S/c26-19-16-18(37-17-5-14-38-15-6-17)3-4-20(19)34-11-9-33(10-12-34)8-7-28-24-30-23(27)35-25(31-24)29-22(32-35)21-2-1-13-36-21/h1-4,13,16-17H,5-12,14-15H2,(H3,27,28,29,30,31,32). The number of nitrogens with zero attached hydrogens (tertiary/aromatic N) is 7. The molecule has 13 heteroatoms. The van der Waals surface area contributed by atoms with Gasteiger partial charge in [-0.1, -0.05) is 0 Å². The van der Waals surface area contributed by atoms with Gasteiger partial charge in [-0.05, 0) is 48.6 Å². The Balaban J connectivity index is 0.992. The van der Waals surface area contributed by atoms with E-state index in [-0.39, 0.29) is 17.9 Å². The summed E-state index contributed by atoms with van der Waals surface area (Å²) in [5.74, 6) is 4.47. The first kappa shape index (κ1) is 24.7. The van der Waals surface area contributed by atoms with Gasteiger partial charge in [0.25, 0.3) is 5.78 Å². The first-order valence-electron chi connectivity index (χ1n) is 12.8. The Bertz CT molecular complexity index is 1370. The molecule has 3 N–H and O–H groups in total. The Morgan fingerprint density at radius 1 is 1.11 bits per heavy atom. The van der Waals surface area contributed by atoms with E-state index in [1.54, 1.807) is 18.4 Å². The van der Waals surface area contributed by atoms with Crippen molar-refractivity contribution in [3.05, 3.63) is 42.4 Å². The van der Waals surface area contributed by atoms with E-state index in [0.29, 0.717) is 41.3 Å². The lowest BCUT2D eigenvalue weighted by Gasteiger charge is -2.36. The first-order chi connectivity index (χ1) is 18.6. The molecular formula is C25H30FN9O2S. The molecule has 2 aliphatic rings. The van der Waals surface area contributed by atoms with Crippen LogP contribution in [0.5, 0.6) is 5.75 Å². The van der Waals surface area contributed by atoms with Crippen LogP contribution >= 0.6 is 11.8 Å².